The first kappa shape index (κ1) is 13.6. The van der Waals surface area contributed by atoms with Crippen LogP contribution in [0.2, 0.25) is 0 Å². The van der Waals surface area contributed by atoms with Crippen LogP contribution in [0.3, 0.4) is 0 Å². The molecule has 1 aromatic carbocycles. The molecular formula is C15H15N3O2S. The molecule has 0 saturated carbocycles. The SMILES string of the molecule is Cc1ccc(C)c(S(=O)(=O)Nc2ccn3nccc3c2)c1. The molecule has 6 heteroatoms. The van der Waals surface area contributed by atoms with Gasteiger partial charge in [0.15, 0.2) is 0 Å². The summed E-state index contributed by atoms with van der Waals surface area (Å²) in [5.41, 5.74) is 2.98. The molecule has 0 aliphatic rings. The maximum Gasteiger partial charge on any atom is 0.262 e. The summed E-state index contributed by atoms with van der Waals surface area (Å²) in [5, 5.41) is 4.08. The van der Waals surface area contributed by atoms with E-state index in [1.54, 1.807) is 42.0 Å². The van der Waals surface area contributed by atoms with Crippen LogP contribution >= 0.6 is 0 Å². The summed E-state index contributed by atoms with van der Waals surface area (Å²) in [6.07, 6.45) is 3.38. The molecule has 21 heavy (non-hydrogen) atoms. The summed E-state index contributed by atoms with van der Waals surface area (Å²) < 4.78 is 29.3. The molecule has 108 valence electrons. The van der Waals surface area contributed by atoms with E-state index in [1.165, 1.54) is 0 Å². The van der Waals surface area contributed by atoms with Crippen molar-refractivity contribution in [1.82, 2.24) is 9.61 Å². The van der Waals surface area contributed by atoms with E-state index in [9.17, 15) is 8.42 Å². The normalized spacial score (nSPS) is 11.7. The number of rotatable bonds is 3. The lowest BCUT2D eigenvalue weighted by molar-refractivity contribution is 0.600. The Morgan fingerprint density at radius 3 is 2.71 bits per heavy atom. The molecule has 0 aliphatic carbocycles. The van der Waals surface area contributed by atoms with Crippen molar-refractivity contribution in [3.05, 3.63) is 59.9 Å². The summed E-state index contributed by atoms with van der Waals surface area (Å²) in [6, 6.07) is 10.6. The lowest BCUT2D eigenvalue weighted by Gasteiger charge is -2.11. The monoisotopic (exact) mass is 301 g/mol. The van der Waals surface area contributed by atoms with Crippen molar-refractivity contribution in [2.75, 3.05) is 4.72 Å². The number of sulfonamides is 1. The minimum Gasteiger partial charge on any atom is -0.279 e. The van der Waals surface area contributed by atoms with Crippen molar-refractivity contribution in [3.8, 4) is 0 Å². The average molecular weight is 301 g/mol. The van der Waals surface area contributed by atoms with E-state index in [0.717, 1.165) is 16.6 Å². The number of fused-ring (bicyclic) bond motifs is 1. The van der Waals surface area contributed by atoms with Gasteiger partial charge in [-0.25, -0.2) is 12.9 Å². The molecule has 0 spiro atoms. The number of nitrogens with one attached hydrogen (secondary N) is 1. The van der Waals surface area contributed by atoms with Gasteiger partial charge in [-0.15, -0.1) is 0 Å². The lowest BCUT2D eigenvalue weighted by atomic mass is 10.2. The fourth-order valence-electron chi connectivity index (χ4n) is 2.19. The van der Waals surface area contributed by atoms with Crippen LogP contribution in [0.25, 0.3) is 5.52 Å². The largest absolute Gasteiger partial charge is 0.279 e. The Bertz CT molecular complexity index is 914. The number of hydrogen-bond acceptors (Lipinski definition) is 3. The minimum absolute atomic E-state index is 0.302. The van der Waals surface area contributed by atoms with Crippen molar-refractivity contribution in [3.63, 3.8) is 0 Å². The summed E-state index contributed by atoms with van der Waals surface area (Å²) >= 11 is 0. The standard InChI is InChI=1S/C15H15N3O2S/c1-11-3-4-12(2)15(9-11)21(19,20)17-13-6-8-18-14(10-13)5-7-16-18/h3-10,17H,1-2H3. The predicted molar refractivity (Wildman–Crippen MR) is 81.9 cm³/mol. The lowest BCUT2D eigenvalue weighted by Crippen LogP contribution is -2.14. The molecule has 0 atom stereocenters. The van der Waals surface area contributed by atoms with Gasteiger partial charge in [-0.3, -0.25) is 4.72 Å². The number of anilines is 1. The highest BCUT2D eigenvalue weighted by Crippen LogP contribution is 2.21. The van der Waals surface area contributed by atoms with Gasteiger partial charge < -0.3 is 0 Å². The van der Waals surface area contributed by atoms with Crippen molar-refractivity contribution >= 4 is 21.2 Å². The molecule has 0 amide bonds. The van der Waals surface area contributed by atoms with E-state index in [2.05, 4.69) is 9.82 Å². The number of pyridine rings is 1. The van der Waals surface area contributed by atoms with Gasteiger partial charge in [-0.05, 0) is 49.2 Å². The van der Waals surface area contributed by atoms with Crippen LogP contribution in [0.5, 0.6) is 0 Å². The molecule has 3 rings (SSSR count). The third-order valence-corrected chi connectivity index (χ3v) is 4.81. The van der Waals surface area contributed by atoms with Gasteiger partial charge >= 0.3 is 0 Å². The molecule has 0 radical (unpaired) electrons. The van der Waals surface area contributed by atoms with E-state index in [1.807, 2.05) is 25.1 Å². The van der Waals surface area contributed by atoms with Crippen LogP contribution in [-0.4, -0.2) is 18.0 Å². The first-order valence-corrected chi connectivity index (χ1v) is 7.97. The molecule has 0 fully saturated rings. The average Bonchev–Trinajstić information content (AvgIpc) is 2.88. The third-order valence-electron chi connectivity index (χ3n) is 3.28. The van der Waals surface area contributed by atoms with Crippen LogP contribution in [0.1, 0.15) is 11.1 Å². The Hall–Kier alpha value is -2.34. The molecule has 1 N–H and O–H groups in total. The topological polar surface area (TPSA) is 63.5 Å². The molecule has 2 aromatic heterocycles. The summed E-state index contributed by atoms with van der Waals surface area (Å²) in [7, 11) is -3.60. The smallest absolute Gasteiger partial charge is 0.262 e. The fourth-order valence-corrected chi connectivity index (χ4v) is 3.57. The number of hydrogen-bond donors (Lipinski definition) is 1. The van der Waals surface area contributed by atoms with E-state index in [4.69, 9.17) is 0 Å². The van der Waals surface area contributed by atoms with E-state index in [-0.39, 0.29) is 0 Å². The molecule has 2 heterocycles. The second kappa shape index (κ2) is 4.89. The highest BCUT2D eigenvalue weighted by Gasteiger charge is 2.17. The number of aromatic nitrogens is 2. The van der Waals surface area contributed by atoms with Gasteiger partial charge in [0.1, 0.15) is 0 Å². The number of aryl methyl sites for hydroxylation is 2. The Morgan fingerprint density at radius 2 is 1.90 bits per heavy atom. The highest BCUT2D eigenvalue weighted by atomic mass is 32.2. The summed E-state index contributed by atoms with van der Waals surface area (Å²) in [5.74, 6) is 0. The molecule has 0 unspecified atom stereocenters. The van der Waals surface area contributed by atoms with Gasteiger partial charge in [-0.1, -0.05) is 12.1 Å². The minimum atomic E-state index is -3.60. The second-order valence-corrected chi connectivity index (χ2v) is 6.64. The first-order chi connectivity index (χ1) is 9.95. The summed E-state index contributed by atoms with van der Waals surface area (Å²) in [6.45, 7) is 3.66. The Kier molecular flexibility index (Phi) is 3.17. The van der Waals surface area contributed by atoms with Gasteiger partial charge in [0.2, 0.25) is 0 Å². The summed E-state index contributed by atoms with van der Waals surface area (Å²) in [4.78, 5) is 0.302. The Labute approximate surface area is 123 Å². The van der Waals surface area contributed by atoms with Crippen molar-refractivity contribution in [1.29, 1.82) is 0 Å². The molecular weight excluding hydrogens is 286 g/mol. The van der Waals surface area contributed by atoms with Crippen LogP contribution in [0.4, 0.5) is 5.69 Å². The quantitative estimate of drug-likeness (QED) is 0.809. The van der Waals surface area contributed by atoms with Crippen LogP contribution in [0.15, 0.2) is 53.7 Å². The number of nitrogens with zero attached hydrogens (tertiary/aromatic N) is 2. The first-order valence-electron chi connectivity index (χ1n) is 6.49. The molecule has 3 aromatic rings. The van der Waals surface area contributed by atoms with Crippen LogP contribution < -0.4 is 4.72 Å². The van der Waals surface area contributed by atoms with Gasteiger partial charge in [0.25, 0.3) is 10.0 Å². The number of benzene rings is 1. The van der Waals surface area contributed by atoms with E-state index in [0.29, 0.717) is 10.6 Å². The highest BCUT2D eigenvalue weighted by molar-refractivity contribution is 7.92. The molecule has 0 saturated heterocycles. The van der Waals surface area contributed by atoms with E-state index >= 15 is 0 Å². The fraction of sp³-hybridized carbons (Fsp3) is 0.133. The van der Waals surface area contributed by atoms with Crippen LogP contribution in [-0.2, 0) is 10.0 Å². The Morgan fingerprint density at radius 1 is 1.10 bits per heavy atom. The zero-order valence-corrected chi connectivity index (χ0v) is 12.6. The second-order valence-electron chi connectivity index (χ2n) is 4.99. The molecule has 5 nitrogen and oxygen atoms in total. The third kappa shape index (κ3) is 2.62. The van der Waals surface area contributed by atoms with Crippen LogP contribution in [0, 0.1) is 13.8 Å². The van der Waals surface area contributed by atoms with E-state index < -0.39 is 10.0 Å². The zero-order chi connectivity index (χ0) is 15.0. The van der Waals surface area contributed by atoms with Gasteiger partial charge in [-0.2, -0.15) is 5.10 Å². The van der Waals surface area contributed by atoms with Crippen molar-refractivity contribution in [2.24, 2.45) is 0 Å². The van der Waals surface area contributed by atoms with Crippen molar-refractivity contribution < 1.29 is 8.42 Å². The maximum absolute atomic E-state index is 12.5. The Balaban J connectivity index is 2.00. The predicted octanol–water partition coefficient (Wildman–Crippen LogP) is 2.75. The molecule has 0 bridgehead atoms. The zero-order valence-electron chi connectivity index (χ0n) is 11.7. The van der Waals surface area contributed by atoms with Crippen molar-refractivity contribution in [2.45, 2.75) is 18.7 Å². The molecule has 0 aliphatic heterocycles. The van der Waals surface area contributed by atoms with Gasteiger partial charge in [0, 0.05) is 12.4 Å². The maximum atomic E-state index is 12.5. The van der Waals surface area contributed by atoms with Gasteiger partial charge in [0.05, 0.1) is 16.1 Å².